The van der Waals surface area contributed by atoms with Crippen LogP contribution in [0.4, 0.5) is 0 Å². The second-order valence-corrected chi connectivity index (χ2v) is 4.21. The van der Waals surface area contributed by atoms with Gasteiger partial charge in [0.05, 0.1) is 6.61 Å². The van der Waals surface area contributed by atoms with Crippen LogP contribution in [0.3, 0.4) is 0 Å². The van der Waals surface area contributed by atoms with Crippen LogP contribution in [0.2, 0.25) is 5.02 Å². The van der Waals surface area contributed by atoms with Gasteiger partial charge in [-0.05, 0) is 24.1 Å². The lowest BCUT2D eigenvalue weighted by Crippen LogP contribution is -2.19. The summed E-state index contributed by atoms with van der Waals surface area (Å²) in [6.07, 6.45) is 2.34. The maximum absolute atomic E-state index is 5.89. The summed E-state index contributed by atoms with van der Waals surface area (Å²) in [5.74, 6) is 0. The first-order valence-electron chi connectivity index (χ1n) is 5.86. The minimum absolute atomic E-state index is 0.778. The molecule has 2 nitrogen and oxygen atoms in total. The van der Waals surface area contributed by atoms with Gasteiger partial charge in [-0.2, -0.15) is 0 Å². The van der Waals surface area contributed by atoms with E-state index in [1.807, 2.05) is 18.2 Å². The third-order valence-electron chi connectivity index (χ3n) is 2.28. The Morgan fingerprint density at radius 3 is 2.94 bits per heavy atom. The van der Waals surface area contributed by atoms with Gasteiger partial charge in [-0.3, -0.25) is 0 Å². The lowest BCUT2D eigenvalue weighted by atomic mass is 10.2. The van der Waals surface area contributed by atoms with Gasteiger partial charge in [0.2, 0.25) is 0 Å². The molecule has 90 valence electrons. The molecular formula is C13H20ClNO. The monoisotopic (exact) mass is 241 g/mol. The molecule has 1 aromatic rings. The van der Waals surface area contributed by atoms with Gasteiger partial charge in [-0.1, -0.05) is 37.1 Å². The molecular weight excluding hydrogens is 222 g/mol. The molecule has 0 amide bonds. The average molecular weight is 242 g/mol. The van der Waals surface area contributed by atoms with Crippen LogP contribution in [0.15, 0.2) is 24.3 Å². The van der Waals surface area contributed by atoms with E-state index in [0.29, 0.717) is 0 Å². The zero-order chi connectivity index (χ0) is 11.6. The van der Waals surface area contributed by atoms with Crippen molar-refractivity contribution in [3.8, 4) is 0 Å². The third-order valence-corrected chi connectivity index (χ3v) is 2.52. The summed E-state index contributed by atoms with van der Waals surface area (Å²) in [5, 5.41) is 4.11. The van der Waals surface area contributed by atoms with E-state index in [-0.39, 0.29) is 0 Å². The zero-order valence-electron chi connectivity index (χ0n) is 9.84. The highest BCUT2D eigenvalue weighted by Crippen LogP contribution is 2.09. The molecule has 0 radical (unpaired) electrons. The third kappa shape index (κ3) is 6.11. The summed E-state index contributed by atoms with van der Waals surface area (Å²) in [6, 6.07) is 7.90. The van der Waals surface area contributed by atoms with E-state index < -0.39 is 0 Å². The highest BCUT2D eigenvalue weighted by Gasteiger charge is 1.93. The fraction of sp³-hybridized carbons (Fsp3) is 0.538. The molecule has 0 fully saturated rings. The molecule has 0 heterocycles. The van der Waals surface area contributed by atoms with Crippen molar-refractivity contribution >= 4 is 11.6 Å². The molecule has 1 N–H and O–H groups in total. The van der Waals surface area contributed by atoms with Crippen LogP contribution < -0.4 is 5.32 Å². The number of nitrogens with one attached hydrogen (secondary N) is 1. The lowest BCUT2D eigenvalue weighted by molar-refractivity contribution is 0.133. The standard InChI is InChI=1S/C13H20ClNO/c1-2-3-8-16-9-7-15-11-12-5-4-6-13(14)10-12/h4-6,10,15H,2-3,7-9,11H2,1H3. The Morgan fingerprint density at radius 2 is 2.19 bits per heavy atom. The van der Waals surface area contributed by atoms with Gasteiger partial charge < -0.3 is 10.1 Å². The molecule has 1 aromatic carbocycles. The fourth-order valence-corrected chi connectivity index (χ4v) is 1.59. The molecule has 0 unspecified atom stereocenters. The maximum atomic E-state index is 5.89. The average Bonchev–Trinajstić information content (AvgIpc) is 2.28. The Kier molecular flexibility index (Phi) is 7.23. The molecule has 0 atom stereocenters. The Hall–Kier alpha value is -0.570. The SMILES string of the molecule is CCCCOCCNCc1cccc(Cl)c1. The first kappa shape index (κ1) is 13.5. The first-order chi connectivity index (χ1) is 7.83. The van der Waals surface area contributed by atoms with E-state index in [0.717, 1.165) is 37.7 Å². The predicted molar refractivity (Wildman–Crippen MR) is 68.9 cm³/mol. The molecule has 0 aliphatic rings. The number of ether oxygens (including phenoxy) is 1. The number of hydrogen-bond acceptors (Lipinski definition) is 2. The minimum atomic E-state index is 0.778. The Labute approximate surface area is 103 Å². The molecule has 16 heavy (non-hydrogen) atoms. The van der Waals surface area contributed by atoms with E-state index in [4.69, 9.17) is 16.3 Å². The molecule has 0 saturated carbocycles. The van der Waals surface area contributed by atoms with E-state index >= 15 is 0 Å². The lowest BCUT2D eigenvalue weighted by Gasteiger charge is -2.06. The number of rotatable bonds is 8. The largest absolute Gasteiger partial charge is 0.380 e. The highest BCUT2D eigenvalue weighted by molar-refractivity contribution is 6.30. The summed E-state index contributed by atoms with van der Waals surface area (Å²) in [5.41, 5.74) is 1.21. The van der Waals surface area contributed by atoms with Crippen LogP contribution >= 0.6 is 11.6 Å². The van der Waals surface area contributed by atoms with E-state index in [9.17, 15) is 0 Å². The normalized spacial score (nSPS) is 10.6. The van der Waals surface area contributed by atoms with E-state index in [1.165, 1.54) is 12.0 Å². The van der Waals surface area contributed by atoms with Crippen molar-refractivity contribution in [3.63, 3.8) is 0 Å². The number of halogens is 1. The van der Waals surface area contributed by atoms with E-state index in [1.54, 1.807) is 0 Å². The molecule has 0 aliphatic carbocycles. The van der Waals surface area contributed by atoms with Crippen molar-refractivity contribution in [1.82, 2.24) is 5.32 Å². The smallest absolute Gasteiger partial charge is 0.0591 e. The van der Waals surface area contributed by atoms with Crippen molar-refractivity contribution in [2.75, 3.05) is 19.8 Å². The van der Waals surface area contributed by atoms with Crippen LogP contribution in [0.25, 0.3) is 0 Å². The molecule has 0 bridgehead atoms. The Morgan fingerprint density at radius 1 is 1.31 bits per heavy atom. The van der Waals surface area contributed by atoms with Gasteiger partial charge in [0, 0.05) is 24.7 Å². The van der Waals surface area contributed by atoms with Crippen LogP contribution in [-0.4, -0.2) is 19.8 Å². The van der Waals surface area contributed by atoms with Crippen molar-refractivity contribution in [2.45, 2.75) is 26.3 Å². The topological polar surface area (TPSA) is 21.3 Å². The van der Waals surface area contributed by atoms with E-state index in [2.05, 4.69) is 18.3 Å². The van der Waals surface area contributed by atoms with Crippen molar-refractivity contribution in [2.24, 2.45) is 0 Å². The summed E-state index contributed by atoms with van der Waals surface area (Å²) in [6.45, 7) is 5.55. The fourth-order valence-electron chi connectivity index (χ4n) is 1.37. The van der Waals surface area contributed by atoms with Crippen LogP contribution in [-0.2, 0) is 11.3 Å². The second kappa shape index (κ2) is 8.57. The minimum Gasteiger partial charge on any atom is -0.380 e. The van der Waals surface area contributed by atoms with Gasteiger partial charge in [-0.15, -0.1) is 0 Å². The van der Waals surface area contributed by atoms with Crippen LogP contribution in [0.5, 0.6) is 0 Å². The molecule has 3 heteroatoms. The summed E-state index contributed by atoms with van der Waals surface area (Å²) < 4.78 is 5.45. The quantitative estimate of drug-likeness (QED) is 0.706. The van der Waals surface area contributed by atoms with Gasteiger partial charge in [0.1, 0.15) is 0 Å². The number of unbranched alkanes of at least 4 members (excludes halogenated alkanes) is 1. The zero-order valence-corrected chi connectivity index (χ0v) is 10.6. The number of hydrogen-bond donors (Lipinski definition) is 1. The maximum Gasteiger partial charge on any atom is 0.0591 e. The molecule has 1 rings (SSSR count). The molecule has 0 saturated heterocycles. The van der Waals surface area contributed by atoms with Gasteiger partial charge in [-0.25, -0.2) is 0 Å². The molecule has 0 spiro atoms. The Bertz CT molecular complexity index is 291. The predicted octanol–water partition coefficient (Wildman–Crippen LogP) is 3.25. The van der Waals surface area contributed by atoms with Crippen LogP contribution in [0.1, 0.15) is 25.3 Å². The Balaban J connectivity index is 2.03. The van der Waals surface area contributed by atoms with Gasteiger partial charge in [0.15, 0.2) is 0 Å². The second-order valence-electron chi connectivity index (χ2n) is 3.77. The first-order valence-corrected chi connectivity index (χ1v) is 6.23. The summed E-state index contributed by atoms with van der Waals surface area (Å²) in [4.78, 5) is 0. The van der Waals surface area contributed by atoms with Crippen molar-refractivity contribution in [1.29, 1.82) is 0 Å². The van der Waals surface area contributed by atoms with Gasteiger partial charge >= 0.3 is 0 Å². The highest BCUT2D eigenvalue weighted by atomic mass is 35.5. The van der Waals surface area contributed by atoms with Crippen molar-refractivity contribution in [3.05, 3.63) is 34.9 Å². The van der Waals surface area contributed by atoms with Crippen molar-refractivity contribution < 1.29 is 4.74 Å². The molecule has 0 aliphatic heterocycles. The summed E-state index contributed by atoms with van der Waals surface area (Å²) >= 11 is 5.89. The summed E-state index contributed by atoms with van der Waals surface area (Å²) in [7, 11) is 0. The van der Waals surface area contributed by atoms with Gasteiger partial charge in [0.25, 0.3) is 0 Å². The van der Waals surface area contributed by atoms with Crippen LogP contribution in [0, 0.1) is 0 Å². The molecule has 0 aromatic heterocycles. The number of benzene rings is 1.